The minimum atomic E-state index is -1.35. The molecule has 3 heterocycles. The number of nitrogens with two attached hydrogens (primary N) is 1. The van der Waals surface area contributed by atoms with Crippen LogP contribution < -0.4 is 10.5 Å². The Hall–Kier alpha value is -3.39. The Morgan fingerprint density at radius 3 is 2.53 bits per heavy atom. The van der Waals surface area contributed by atoms with Crippen LogP contribution in [0.5, 0.6) is 5.75 Å². The molecule has 0 saturated heterocycles. The van der Waals surface area contributed by atoms with Crippen LogP contribution in [0.2, 0.25) is 0 Å². The van der Waals surface area contributed by atoms with Gasteiger partial charge in [0.25, 0.3) is 5.91 Å². The lowest BCUT2D eigenvalue weighted by molar-refractivity contribution is -0.129. The maximum atomic E-state index is 14.4. The van der Waals surface area contributed by atoms with Crippen LogP contribution in [0.3, 0.4) is 0 Å². The minimum Gasteiger partial charge on any atom is -0.497 e. The Bertz CT molecular complexity index is 1250. The third-order valence-electron chi connectivity index (χ3n) is 5.48. The van der Waals surface area contributed by atoms with Crippen molar-refractivity contribution in [3.05, 3.63) is 71.8 Å². The number of methoxy groups -OCH3 is 1. The summed E-state index contributed by atoms with van der Waals surface area (Å²) in [5.74, 6) is -0.0953. The number of ether oxygens (including phenoxy) is 1. The maximum absolute atomic E-state index is 14.4. The molecule has 2 aliphatic rings. The standard InChI is InChI=1S/C22H17FN4O2S/c1-27-20(28)22(26-21(27)24)15-10-12(14-4-3-9-25-19(14)23)5-7-17(15)30-18-8-6-13(29-2)11-16(18)22/h3-11H,1-2H3,(H2,24,26). The Morgan fingerprint density at radius 1 is 1.13 bits per heavy atom. The zero-order valence-electron chi connectivity index (χ0n) is 16.2. The van der Waals surface area contributed by atoms with Crippen LogP contribution in [-0.2, 0) is 10.3 Å². The van der Waals surface area contributed by atoms with Crippen LogP contribution >= 0.6 is 11.8 Å². The van der Waals surface area contributed by atoms with E-state index in [4.69, 9.17) is 10.5 Å². The van der Waals surface area contributed by atoms with Gasteiger partial charge in [0, 0.05) is 39.7 Å². The van der Waals surface area contributed by atoms with Crippen molar-refractivity contribution in [3.63, 3.8) is 0 Å². The zero-order valence-corrected chi connectivity index (χ0v) is 17.0. The summed E-state index contributed by atoms with van der Waals surface area (Å²) < 4.78 is 19.8. The molecule has 2 N–H and O–H groups in total. The number of fused-ring (bicyclic) bond motifs is 4. The Balaban J connectivity index is 1.81. The number of nitrogens with zero attached hydrogens (tertiary/aromatic N) is 3. The fourth-order valence-electron chi connectivity index (χ4n) is 3.93. The average Bonchev–Trinajstić information content (AvgIpc) is 2.99. The van der Waals surface area contributed by atoms with E-state index >= 15 is 0 Å². The van der Waals surface area contributed by atoms with Crippen LogP contribution in [0.25, 0.3) is 11.1 Å². The second-order valence-electron chi connectivity index (χ2n) is 7.06. The highest BCUT2D eigenvalue weighted by Crippen LogP contribution is 2.53. The molecule has 2 aromatic carbocycles. The molecule has 30 heavy (non-hydrogen) atoms. The molecule has 0 fully saturated rings. The van der Waals surface area contributed by atoms with Crippen LogP contribution in [0, 0.1) is 5.95 Å². The number of hydrogen-bond donors (Lipinski definition) is 1. The van der Waals surface area contributed by atoms with E-state index in [2.05, 4.69) is 9.98 Å². The first-order valence-corrected chi connectivity index (χ1v) is 10.0. The first kappa shape index (κ1) is 18.6. The summed E-state index contributed by atoms with van der Waals surface area (Å²) in [5.41, 5.74) is 7.05. The second kappa shape index (κ2) is 6.56. The van der Waals surface area contributed by atoms with Gasteiger partial charge in [0.15, 0.2) is 11.5 Å². The zero-order chi connectivity index (χ0) is 21.0. The molecule has 1 amide bonds. The third-order valence-corrected chi connectivity index (χ3v) is 6.63. The van der Waals surface area contributed by atoms with E-state index in [0.717, 1.165) is 9.79 Å². The number of likely N-dealkylation sites (N-methyl/N-ethyl adjacent to an activating group) is 1. The van der Waals surface area contributed by atoms with Crippen molar-refractivity contribution in [1.82, 2.24) is 9.88 Å². The molecule has 5 rings (SSSR count). The summed E-state index contributed by atoms with van der Waals surface area (Å²) in [7, 11) is 3.17. The fourth-order valence-corrected chi connectivity index (χ4v) is 5.08. The molecule has 6 nitrogen and oxygen atoms in total. The third kappa shape index (κ3) is 2.46. The molecule has 8 heteroatoms. The van der Waals surface area contributed by atoms with Crippen molar-refractivity contribution in [2.75, 3.05) is 14.2 Å². The number of carbonyl (C=O) groups excluding carboxylic acids is 1. The van der Waals surface area contributed by atoms with E-state index < -0.39 is 11.5 Å². The predicted molar refractivity (Wildman–Crippen MR) is 112 cm³/mol. The van der Waals surface area contributed by atoms with Gasteiger partial charge in [-0.3, -0.25) is 9.69 Å². The van der Waals surface area contributed by atoms with Crippen LogP contribution in [0.1, 0.15) is 11.1 Å². The average molecular weight is 420 g/mol. The number of aromatic nitrogens is 1. The highest BCUT2D eigenvalue weighted by atomic mass is 32.2. The van der Waals surface area contributed by atoms with E-state index in [1.807, 2.05) is 30.3 Å². The maximum Gasteiger partial charge on any atom is 0.266 e. The van der Waals surface area contributed by atoms with Crippen LogP contribution in [0.4, 0.5) is 4.39 Å². The van der Waals surface area contributed by atoms with Gasteiger partial charge in [-0.2, -0.15) is 4.39 Å². The summed E-state index contributed by atoms with van der Waals surface area (Å²) in [6, 6.07) is 14.4. The monoisotopic (exact) mass is 420 g/mol. The minimum absolute atomic E-state index is 0.129. The van der Waals surface area contributed by atoms with Gasteiger partial charge < -0.3 is 10.5 Å². The number of pyridine rings is 1. The number of carbonyl (C=O) groups is 1. The smallest absolute Gasteiger partial charge is 0.266 e. The van der Waals surface area contributed by atoms with Gasteiger partial charge >= 0.3 is 0 Å². The van der Waals surface area contributed by atoms with E-state index in [0.29, 0.717) is 28.0 Å². The quantitative estimate of drug-likeness (QED) is 0.643. The van der Waals surface area contributed by atoms with Gasteiger partial charge in [-0.25, -0.2) is 9.98 Å². The number of halogens is 1. The molecule has 1 spiro atoms. The Morgan fingerprint density at radius 2 is 1.87 bits per heavy atom. The second-order valence-corrected chi connectivity index (χ2v) is 8.15. The molecular weight excluding hydrogens is 403 g/mol. The number of benzene rings is 2. The van der Waals surface area contributed by atoms with Gasteiger partial charge in [0.2, 0.25) is 5.95 Å². The number of aliphatic imine (C=N–C) groups is 1. The number of hydrogen-bond acceptors (Lipinski definition) is 6. The van der Waals surface area contributed by atoms with Crippen molar-refractivity contribution in [1.29, 1.82) is 0 Å². The van der Waals surface area contributed by atoms with Crippen molar-refractivity contribution in [2.45, 2.75) is 15.3 Å². The summed E-state index contributed by atoms with van der Waals surface area (Å²) in [6.07, 6.45) is 1.40. The van der Waals surface area contributed by atoms with Gasteiger partial charge in [0.1, 0.15) is 5.75 Å². The van der Waals surface area contributed by atoms with E-state index in [1.54, 1.807) is 32.4 Å². The Kier molecular flexibility index (Phi) is 4.08. The Labute approximate surface area is 176 Å². The van der Waals surface area contributed by atoms with E-state index in [9.17, 15) is 9.18 Å². The highest BCUT2D eigenvalue weighted by molar-refractivity contribution is 7.99. The number of rotatable bonds is 2. The normalized spacial score (nSPS) is 19.5. The van der Waals surface area contributed by atoms with Crippen molar-refractivity contribution in [2.24, 2.45) is 10.7 Å². The predicted octanol–water partition coefficient (Wildman–Crippen LogP) is 3.39. The fraction of sp³-hybridized carbons (Fsp3) is 0.136. The van der Waals surface area contributed by atoms with Crippen molar-refractivity contribution < 1.29 is 13.9 Å². The van der Waals surface area contributed by atoms with Crippen LogP contribution in [-0.4, -0.2) is 35.9 Å². The molecule has 0 radical (unpaired) electrons. The molecule has 2 aliphatic heterocycles. The van der Waals surface area contributed by atoms with Gasteiger partial charge in [-0.05, 0) is 48.0 Å². The molecular formula is C22H17FN4O2S. The van der Waals surface area contributed by atoms with Gasteiger partial charge in [0.05, 0.1) is 7.11 Å². The molecule has 0 aliphatic carbocycles. The lowest BCUT2D eigenvalue weighted by atomic mass is 9.81. The van der Waals surface area contributed by atoms with Crippen molar-refractivity contribution >= 4 is 23.6 Å². The molecule has 0 saturated carbocycles. The molecule has 1 aromatic heterocycles. The van der Waals surface area contributed by atoms with Gasteiger partial charge in [-0.15, -0.1) is 0 Å². The molecule has 150 valence electrons. The summed E-state index contributed by atoms with van der Waals surface area (Å²) >= 11 is 1.53. The highest BCUT2D eigenvalue weighted by Gasteiger charge is 2.53. The lowest BCUT2D eigenvalue weighted by Crippen LogP contribution is -2.42. The van der Waals surface area contributed by atoms with E-state index in [-0.39, 0.29) is 11.9 Å². The summed E-state index contributed by atoms with van der Waals surface area (Å²) in [4.78, 5) is 25.0. The first-order valence-electron chi connectivity index (χ1n) is 9.21. The molecule has 1 atom stereocenters. The summed E-state index contributed by atoms with van der Waals surface area (Å²) in [5, 5.41) is 0. The first-order chi connectivity index (χ1) is 14.5. The van der Waals surface area contributed by atoms with E-state index in [1.165, 1.54) is 22.9 Å². The summed E-state index contributed by atoms with van der Waals surface area (Å²) in [6.45, 7) is 0. The number of guanidine groups is 1. The number of amides is 1. The molecule has 3 aromatic rings. The van der Waals surface area contributed by atoms with Crippen LogP contribution in [0.15, 0.2) is 69.5 Å². The van der Waals surface area contributed by atoms with Crippen molar-refractivity contribution in [3.8, 4) is 16.9 Å². The van der Waals surface area contributed by atoms with Gasteiger partial charge in [-0.1, -0.05) is 17.8 Å². The largest absolute Gasteiger partial charge is 0.497 e. The lowest BCUT2D eigenvalue weighted by Gasteiger charge is -2.34. The molecule has 0 bridgehead atoms. The molecule has 1 unspecified atom stereocenters. The SMILES string of the molecule is COc1ccc2c(c1)C1(N=C(N)N(C)C1=O)c1cc(-c3cccnc3F)ccc1S2. The topological polar surface area (TPSA) is 80.8 Å².